The molecule has 0 amide bonds. The van der Waals surface area contributed by atoms with Gasteiger partial charge in [0.1, 0.15) is 9.84 Å². The number of hydrogen-bond acceptors (Lipinski definition) is 4. The quantitative estimate of drug-likeness (QED) is 0.576. The molecule has 0 rings (SSSR count). The van der Waals surface area contributed by atoms with Crippen LogP contribution in [0.4, 0.5) is 0 Å². The number of sulfone groups is 1. The highest BCUT2D eigenvalue weighted by atomic mass is 32.2. The second kappa shape index (κ2) is 7.20. The van der Waals surface area contributed by atoms with E-state index in [-0.39, 0.29) is 11.5 Å². The number of aliphatic hydroxyl groups excluding tert-OH is 1. The molecule has 0 bridgehead atoms. The van der Waals surface area contributed by atoms with Gasteiger partial charge in [0.25, 0.3) is 0 Å². The Morgan fingerprint density at radius 1 is 1.36 bits per heavy atom. The molecule has 5 heteroatoms. The lowest BCUT2D eigenvalue weighted by Gasteiger charge is -2.10. The summed E-state index contributed by atoms with van der Waals surface area (Å²) in [5.41, 5.74) is 0. The van der Waals surface area contributed by atoms with Crippen LogP contribution in [0.1, 0.15) is 26.7 Å². The first kappa shape index (κ1) is 13.9. The third kappa shape index (κ3) is 7.29. The third-order valence-corrected chi connectivity index (χ3v) is 3.75. The van der Waals surface area contributed by atoms with Gasteiger partial charge in [-0.05, 0) is 19.4 Å². The molecule has 0 saturated heterocycles. The van der Waals surface area contributed by atoms with Gasteiger partial charge in [-0.2, -0.15) is 0 Å². The first-order valence-corrected chi connectivity index (χ1v) is 6.93. The molecule has 2 N–H and O–H groups in total. The molecule has 0 spiro atoms. The van der Waals surface area contributed by atoms with Crippen LogP contribution in [0.15, 0.2) is 0 Å². The van der Waals surface area contributed by atoms with Crippen LogP contribution >= 0.6 is 0 Å². The summed E-state index contributed by atoms with van der Waals surface area (Å²) in [5, 5.41) is 12.5. The predicted molar refractivity (Wildman–Crippen MR) is 58.1 cm³/mol. The molecule has 0 aliphatic carbocycles. The molecule has 0 heterocycles. The van der Waals surface area contributed by atoms with Crippen molar-refractivity contribution in [1.82, 2.24) is 5.32 Å². The predicted octanol–water partition coefficient (Wildman–Crippen LogP) is 0.172. The summed E-state index contributed by atoms with van der Waals surface area (Å²) >= 11 is 0. The normalized spacial score (nSPS) is 14.2. The third-order valence-electron chi connectivity index (χ3n) is 2.01. The summed E-state index contributed by atoms with van der Waals surface area (Å²) in [5.74, 6) is 0.237. The van der Waals surface area contributed by atoms with Crippen molar-refractivity contribution in [2.75, 3.05) is 24.6 Å². The minimum Gasteiger partial charge on any atom is -0.392 e. The van der Waals surface area contributed by atoms with E-state index in [1.165, 1.54) is 0 Å². The summed E-state index contributed by atoms with van der Waals surface area (Å²) < 4.78 is 22.2. The molecule has 0 radical (unpaired) electrons. The Kier molecular flexibility index (Phi) is 7.13. The number of nitrogens with one attached hydrogen (secondary N) is 1. The fourth-order valence-electron chi connectivity index (χ4n) is 1.01. The van der Waals surface area contributed by atoms with Gasteiger partial charge >= 0.3 is 0 Å². The lowest BCUT2D eigenvalue weighted by atomic mass is 10.3. The first-order chi connectivity index (χ1) is 6.52. The van der Waals surface area contributed by atoms with Crippen LogP contribution in [0.2, 0.25) is 0 Å². The Morgan fingerprint density at radius 2 is 2.00 bits per heavy atom. The van der Waals surface area contributed by atoms with Crippen LogP contribution in [0, 0.1) is 0 Å². The molecule has 0 fully saturated rings. The van der Waals surface area contributed by atoms with Crippen LogP contribution in [0.25, 0.3) is 0 Å². The van der Waals surface area contributed by atoms with Crippen molar-refractivity contribution >= 4 is 9.84 Å². The number of hydrogen-bond donors (Lipinski definition) is 2. The Balaban J connectivity index is 3.58. The average molecular weight is 223 g/mol. The van der Waals surface area contributed by atoms with E-state index in [9.17, 15) is 13.5 Å². The zero-order valence-electron chi connectivity index (χ0n) is 8.99. The summed E-state index contributed by atoms with van der Waals surface area (Å²) in [6, 6.07) is 0. The zero-order valence-corrected chi connectivity index (χ0v) is 9.81. The van der Waals surface area contributed by atoms with Crippen molar-refractivity contribution in [3.63, 3.8) is 0 Å². The van der Waals surface area contributed by atoms with E-state index in [0.29, 0.717) is 13.0 Å². The molecule has 0 aromatic carbocycles. The van der Waals surface area contributed by atoms with Gasteiger partial charge in [0.2, 0.25) is 0 Å². The fraction of sp³-hybridized carbons (Fsp3) is 1.00. The summed E-state index contributed by atoms with van der Waals surface area (Å²) in [7, 11) is -2.93. The molecule has 1 unspecified atom stereocenters. The SMILES string of the molecule is CCCNCC(O)CCS(=O)(=O)CC. The molecule has 86 valence electrons. The lowest BCUT2D eigenvalue weighted by Crippen LogP contribution is -2.29. The average Bonchev–Trinajstić information content (AvgIpc) is 2.16. The van der Waals surface area contributed by atoms with E-state index < -0.39 is 15.9 Å². The minimum atomic E-state index is -2.93. The van der Waals surface area contributed by atoms with Crippen LogP contribution in [-0.4, -0.2) is 44.2 Å². The van der Waals surface area contributed by atoms with Gasteiger partial charge in [0.15, 0.2) is 0 Å². The highest BCUT2D eigenvalue weighted by Gasteiger charge is 2.11. The Labute approximate surface area is 86.6 Å². The van der Waals surface area contributed by atoms with E-state index in [1.54, 1.807) is 6.92 Å². The molecule has 0 aromatic heterocycles. The van der Waals surface area contributed by atoms with Crippen molar-refractivity contribution in [3.8, 4) is 0 Å². The molecule has 14 heavy (non-hydrogen) atoms. The van der Waals surface area contributed by atoms with Crippen LogP contribution in [-0.2, 0) is 9.84 Å². The molecule has 0 saturated carbocycles. The topological polar surface area (TPSA) is 66.4 Å². The van der Waals surface area contributed by atoms with Crippen molar-refractivity contribution in [1.29, 1.82) is 0 Å². The van der Waals surface area contributed by atoms with Crippen molar-refractivity contribution < 1.29 is 13.5 Å². The largest absolute Gasteiger partial charge is 0.392 e. The van der Waals surface area contributed by atoms with Crippen molar-refractivity contribution in [3.05, 3.63) is 0 Å². The Morgan fingerprint density at radius 3 is 2.50 bits per heavy atom. The van der Waals surface area contributed by atoms with E-state index >= 15 is 0 Å². The molecular formula is C9H21NO3S. The maximum Gasteiger partial charge on any atom is 0.150 e. The maximum absolute atomic E-state index is 11.1. The maximum atomic E-state index is 11.1. The van der Waals surface area contributed by atoms with Gasteiger partial charge in [-0.1, -0.05) is 13.8 Å². The zero-order chi connectivity index (χ0) is 11.0. The summed E-state index contributed by atoms with van der Waals surface area (Å²) in [6.07, 6.45) is 0.787. The van der Waals surface area contributed by atoms with Gasteiger partial charge in [-0.25, -0.2) is 8.42 Å². The van der Waals surface area contributed by atoms with E-state index in [2.05, 4.69) is 5.32 Å². The monoisotopic (exact) mass is 223 g/mol. The second-order valence-electron chi connectivity index (χ2n) is 3.38. The highest BCUT2D eigenvalue weighted by Crippen LogP contribution is 1.97. The van der Waals surface area contributed by atoms with Crippen molar-refractivity contribution in [2.45, 2.75) is 32.8 Å². The minimum absolute atomic E-state index is 0.0818. The standard InChI is InChI=1S/C9H21NO3S/c1-3-6-10-8-9(11)5-7-14(12,13)4-2/h9-11H,3-8H2,1-2H3. The molecule has 1 atom stereocenters. The molecule has 0 aliphatic heterocycles. The van der Waals surface area contributed by atoms with Crippen molar-refractivity contribution in [2.24, 2.45) is 0 Å². The molecule has 0 aromatic rings. The number of aliphatic hydroxyl groups is 1. The van der Waals surface area contributed by atoms with E-state index in [0.717, 1.165) is 13.0 Å². The highest BCUT2D eigenvalue weighted by molar-refractivity contribution is 7.91. The molecule has 0 aliphatic rings. The fourth-order valence-corrected chi connectivity index (χ4v) is 1.93. The van der Waals surface area contributed by atoms with E-state index in [1.807, 2.05) is 6.92 Å². The summed E-state index contributed by atoms with van der Waals surface area (Å²) in [4.78, 5) is 0. The van der Waals surface area contributed by atoms with Crippen LogP contribution in [0.3, 0.4) is 0 Å². The van der Waals surface area contributed by atoms with Crippen LogP contribution in [0.5, 0.6) is 0 Å². The second-order valence-corrected chi connectivity index (χ2v) is 5.86. The van der Waals surface area contributed by atoms with Gasteiger partial charge < -0.3 is 10.4 Å². The van der Waals surface area contributed by atoms with Gasteiger partial charge in [0.05, 0.1) is 11.9 Å². The van der Waals surface area contributed by atoms with Gasteiger partial charge in [-0.15, -0.1) is 0 Å². The van der Waals surface area contributed by atoms with Gasteiger partial charge in [-0.3, -0.25) is 0 Å². The lowest BCUT2D eigenvalue weighted by molar-refractivity contribution is 0.168. The summed E-state index contributed by atoms with van der Waals surface area (Å²) in [6.45, 7) is 5.00. The van der Waals surface area contributed by atoms with Gasteiger partial charge in [0, 0.05) is 12.3 Å². The molecular weight excluding hydrogens is 202 g/mol. The van der Waals surface area contributed by atoms with E-state index in [4.69, 9.17) is 0 Å². The Hall–Kier alpha value is -0.130. The first-order valence-electron chi connectivity index (χ1n) is 5.11. The molecule has 4 nitrogen and oxygen atoms in total. The number of rotatable bonds is 8. The Bertz CT molecular complexity index is 226. The smallest absolute Gasteiger partial charge is 0.150 e. The van der Waals surface area contributed by atoms with Crippen LogP contribution < -0.4 is 5.32 Å².